The van der Waals surface area contributed by atoms with Gasteiger partial charge in [0.15, 0.2) is 11.5 Å². The number of halogens is 1. The van der Waals surface area contributed by atoms with Crippen molar-refractivity contribution in [1.82, 2.24) is 0 Å². The second kappa shape index (κ2) is 12.3. The third-order valence-electron chi connectivity index (χ3n) is 6.29. The Kier molecular flexibility index (Phi) is 8.68. The fraction of sp³-hybridized carbons (Fsp3) is 0.188. The summed E-state index contributed by atoms with van der Waals surface area (Å²) in [5, 5.41) is 15.1. The molecule has 4 rings (SSSR count). The van der Waals surface area contributed by atoms with E-state index in [1.807, 2.05) is 56.3 Å². The Morgan fingerprint density at radius 3 is 2.55 bits per heavy atom. The van der Waals surface area contributed by atoms with Crippen molar-refractivity contribution in [3.8, 4) is 17.6 Å². The van der Waals surface area contributed by atoms with E-state index in [-0.39, 0.29) is 5.57 Å². The Bertz CT molecular complexity index is 1550. The van der Waals surface area contributed by atoms with Gasteiger partial charge in [-0.25, -0.2) is 0 Å². The summed E-state index contributed by atoms with van der Waals surface area (Å²) < 4.78 is 12.1. The van der Waals surface area contributed by atoms with Gasteiger partial charge in [0.25, 0.3) is 5.91 Å². The van der Waals surface area contributed by atoms with Gasteiger partial charge < -0.3 is 14.8 Å². The van der Waals surface area contributed by atoms with E-state index in [2.05, 4.69) is 36.5 Å². The molecular formula is C32H29ClN2O3. The van der Waals surface area contributed by atoms with Crippen molar-refractivity contribution in [2.75, 3.05) is 11.9 Å². The van der Waals surface area contributed by atoms with Crippen LogP contribution in [0.4, 0.5) is 5.69 Å². The van der Waals surface area contributed by atoms with E-state index in [0.29, 0.717) is 41.0 Å². The average Bonchev–Trinajstić information content (AvgIpc) is 2.92. The summed E-state index contributed by atoms with van der Waals surface area (Å²) in [5.74, 6) is 0.366. The van der Waals surface area contributed by atoms with Crippen LogP contribution in [-0.4, -0.2) is 12.5 Å². The van der Waals surface area contributed by atoms with E-state index in [0.717, 1.165) is 33.9 Å². The lowest BCUT2D eigenvalue weighted by molar-refractivity contribution is -0.112. The smallest absolute Gasteiger partial charge is 0.266 e. The molecule has 5 nitrogen and oxygen atoms in total. The first-order valence-electron chi connectivity index (χ1n) is 12.5. The molecule has 4 aromatic carbocycles. The van der Waals surface area contributed by atoms with Crippen LogP contribution in [0, 0.1) is 18.3 Å². The first-order chi connectivity index (χ1) is 18.4. The second-order valence-corrected chi connectivity index (χ2v) is 9.18. The standard InChI is InChI=1S/C32H29ClN2O3/c1-4-23-10-7-9-13-29(23)35-32(36)25(19-34)16-22-17-28(33)31(30(18-22)37-5-2)38-20-27-21(3)14-15-24-11-6-8-12-26(24)27/h6-18H,4-5,20H2,1-3H3,(H,35,36)/b25-16+. The summed E-state index contributed by atoms with van der Waals surface area (Å²) in [6, 6.07) is 25.3. The number of nitrogens with zero attached hydrogens (tertiary/aromatic N) is 1. The first-order valence-corrected chi connectivity index (χ1v) is 12.9. The van der Waals surface area contributed by atoms with Crippen LogP contribution in [0.25, 0.3) is 16.8 Å². The van der Waals surface area contributed by atoms with E-state index in [1.54, 1.807) is 12.1 Å². The number of amides is 1. The molecule has 0 atom stereocenters. The fourth-order valence-corrected chi connectivity index (χ4v) is 4.58. The first kappa shape index (κ1) is 26.8. The summed E-state index contributed by atoms with van der Waals surface area (Å²) in [6.07, 6.45) is 2.26. The van der Waals surface area contributed by atoms with Crippen molar-refractivity contribution in [2.24, 2.45) is 0 Å². The Balaban J connectivity index is 1.62. The molecule has 0 bridgehead atoms. The number of anilines is 1. The number of rotatable bonds is 9. The van der Waals surface area contributed by atoms with E-state index < -0.39 is 5.91 Å². The van der Waals surface area contributed by atoms with Gasteiger partial charge in [0, 0.05) is 11.3 Å². The average molecular weight is 525 g/mol. The summed E-state index contributed by atoms with van der Waals surface area (Å²) in [7, 11) is 0. The molecule has 0 saturated heterocycles. The van der Waals surface area contributed by atoms with Crippen molar-refractivity contribution in [3.05, 3.63) is 106 Å². The molecular weight excluding hydrogens is 496 g/mol. The predicted molar refractivity (Wildman–Crippen MR) is 154 cm³/mol. The van der Waals surface area contributed by atoms with Crippen molar-refractivity contribution in [2.45, 2.75) is 33.8 Å². The molecule has 0 aliphatic rings. The largest absolute Gasteiger partial charge is 0.490 e. The third-order valence-corrected chi connectivity index (χ3v) is 6.57. The summed E-state index contributed by atoms with van der Waals surface area (Å²) >= 11 is 6.65. The SMILES string of the molecule is CCOc1cc(/C=C(\C#N)C(=O)Nc2ccccc2CC)cc(Cl)c1OCc1c(C)ccc2ccccc12. The number of nitriles is 1. The molecule has 1 amide bonds. The van der Waals surface area contributed by atoms with E-state index >= 15 is 0 Å². The molecule has 0 spiro atoms. The minimum absolute atomic E-state index is 0.0468. The highest BCUT2D eigenvalue weighted by Gasteiger charge is 2.16. The van der Waals surface area contributed by atoms with Crippen LogP contribution in [0.3, 0.4) is 0 Å². The maximum absolute atomic E-state index is 12.9. The van der Waals surface area contributed by atoms with Gasteiger partial charge in [-0.1, -0.05) is 73.1 Å². The summed E-state index contributed by atoms with van der Waals surface area (Å²) in [4.78, 5) is 12.9. The molecule has 0 fully saturated rings. The van der Waals surface area contributed by atoms with Gasteiger partial charge in [-0.05, 0) is 72.0 Å². The van der Waals surface area contributed by atoms with Gasteiger partial charge in [0.2, 0.25) is 0 Å². The number of carbonyl (C=O) groups excluding carboxylic acids is 1. The van der Waals surface area contributed by atoms with Crippen LogP contribution in [-0.2, 0) is 17.8 Å². The molecule has 0 radical (unpaired) electrons. The molecule has 4 aromatic rings. The van der Waals surface area contributed by atoms with Crippen LogP contribution < -0.4 is 14.8 Å². The minimum atomic E-state index is -0.491. The molecule has 0 aromatic heterocycles. The molecule has 192 valence electrons. The lowest BCUT2D eigenvalue weighted by Crippen LogP contribution is -2.14. The van der Waals surface area contributed by atoms with Crippen molar-refractivity contribution < 1.29 is 14.3 Å². The predicted octanol–water partition coefficient (Wildman–Crippen LogP) is 7.89. The zero-order valence-electron chi connectivity index (χ0n) is 21.7. The van der Waals surface area contributed by atoms with Gasteiger partial charge in [0.05, 0.1) is 11.6 Å². The monoisotopic (exact) mass is 524 g/mol. The van der Waals surface area contributed by atoms with Gasteiger partial charge in [-0.15, -0.1) is 0 Å². The number of fused-ring (bicyclic) bond motifs is 1. The van der Waals surface area contributed by atoms with Crippen LogP contribution in [0.2, 0.25) is 5.02 Å². The van der Waals surface area contributed by atoms with Crippen LogP contribution in [0.5, 0.6) is 11.5 Å². The fourth-order valence-electron chi connectivity index (χ4n) is 4.31. The Labute approximate surface area is 228 Å². The highest BCUT2D eigenvalue weighted by Crippen LogP contribution is 2.38. The van der Waals surface area contributed by atoms with Crippen molar-refractivity contribution in [3.63, 3.8) is 0 Å². The maximum Gasteiger partial charge on any atom is 0.266 e. The number of hydrogen-bond donors (Lipinski definition) is 1. The molecule has 38 heavy (non-hydrogen) atoms. The van der Waals surface area contributed by atoms with E-state index in [9.17, 15) is 10.1 Å². The summed E-state index contributed by atoms with van der Waals surface area (Å²) in [6.45, 7) is 6.64. The van der Waals surface area contributed by atoms with Crippen molar-refractivity contribution >= 4 is 40.0 Å². The van der Waals surface area contributed by atoms with Gasteiger partial charge in [-0.3, -0.25) is 4.79 Å². The quantitative estimate of drug-likeness (QED) is 0.178. The maximum atomic E-state index is 12.9. The summed E-state index contributed by atoms with van der Waals surface area (Å²) in [5.41, 5.74) is 4.37. The topological polar surface area (TPSA) is 71.3 Å². The Morgan fingerprint density at radius 2 is 1.79 bits per heavy atom. The normalized spacial score (nSPS) is 11.2. The Morgan fingerprint density at radius 1 is 1.03 bits per heavy atom. The van der Waals surface area contributed by atoms with Crippen LogP contribution in [0.15, 0.2) is 78.4 Å². The minimum Gasteiger partial charge on any atom is -0.490 e. The van der Waals surface area contributed by atoms with Gasteiger partial charge in [0.1, 0.15) is 18.2 Å². The number of carbonyl (C=O) groups is 1. The van der Waals surface area contributed by atoms with E-state index in [4.69, 9.17) is 21.1 Å². The molecule has 0 heterocycles. The second-order valence-electron chi connectivity index (χ2n) is 8.77. The van der Waals surface area contributed by atoms with E-state index in [1.165, 1.54) is 6.08 Å². The molecule has 0 saturated carbocycles. The molecule has 0 aliphatic heterocycles. The lowest BCUT2D eigenvalue weighted by Gasteiger charge is -2.17. The lowest BCUT2D eigenvalue weighted by atomic mass is 10.0. The van der Waals surface area contributed by atoms with Crippen molar-refractivity contribution in [1.29, 1.82) is 5.26 Å². The third kappa shape index (κ3) is 5.99. The van der Waals surface area contributed by atoms with Crippen LogP contribution in [0.1, 0.15) is 36.1 Å². The van der Waals surface area contributed by atoms with Gasteiger partial charge >= 0.3 is 0 Å². The number of para-hydroxylation sites is 1. The van der Waals surface area contributed by atoms with Gasteiger partial charge in [-0.2, -0.15) is 5.26 Å². The number of aryl methyl sites for hydroxylation is 2. The molecule has 0 unspecified atom stereocenters. The zero-order chi connectivity index (χ0) is 27.1. The zero-order valence-corrected chi connectivity index (χ0v) is 22.4. The molecule has 6 heteroatoms. The number of hydrogen-bond acceptors (Lipinski definition) is 4. The number of benzene rings is 4. The molecule has 1 N–H and O–H groups in total. The Hall–Kier alpha value is -4.27. The molecule has 0 aliphatic carbocycles. The highest BCUT2D eigenvalue weighted by atomic mass is 35.5. The number of nitrogens with one attached hydrogen (secondary N) is 1. The highest BCUT2D eigenvalue weighted by molar-refractivity contribution is 6.32. The van der Waals surface area contributed by atoms with Crippen LogP contribution >= 0.6 is 11.6 Å². The number of ether oxygens (including phenoxy) is 2.